The Morgan fingerprint density at radius 2 is 1.16 bits per heavy atom. The Bertz CT molecular complexity index is 1230. The molecule has 0 atom stereocenters. The zero-order chi connectivity index (χ0) is 16.8. The molecule has 0 heteroatoms. The smallest absolute Gasteiger partial charge is 0.00264 e. The van der Waals surface area contributed by atoms with Crippen LogP contribution < -0.4 is 0 Å². The molecule has 5 rings (SSSR count). The fourth-order valence-electron chi connectivity index (χ4n) is 3.85. The van der Waals surface area contributed by atoms with Crippen molar-refractivity contribution < 1.29 is 0 Å². The van der Waals surface area contributed by atoms with Crippen molar-refractivity contribution >= 4 is 32.3 Å². The van der Waals surface area contributed by atoms with Crippen LogP contribution in [0.2, 0.25) is 0 Å². The zero-order valence-electron chi connectivity index (χ0n) is 14.2. The number of hydrogen-bond acceptors (Lipinski definition) is 0. The van der Waals surface area contributed by atoms with E-state index in [1.807, 2.05) is 0 Å². The first kappa shape index (κ1) is 14.2. The molecule has 0 bridgehead atoms. The zero-order valence-corrected chi connectivity index (χ0v) is 14.2. The van der Waals surface area contributed by atoms with Crippen LogP contribution in [-0.4, -0.2) is 0 Å². The minimum atomic E-state index is 1.27. The lowest BCUT2D eigenvalue weighted by molar-refractivity contribution is 1.47. The van der Waals surface area contributed by atoms with Crippen LogP contribution in [-0.2, 0) is 0 Å². The van der Waals surface area contributed by atoms with E-state index in [1.54, 1.807) is 0 Å². The van der Waals surface area contributed by atoms with Crippen molar-refractivity contribution in [1.29, 1.82) is 0 Å². The summed E-state index contributed by atoms with van der Waals surface area (Å²) in [7, 11) is 0. The van der Waals surface area contributed by atoms with Crippen LogP contribution in [0.3, 0.4) is 0 Å². The lowest BCUT2D eigenvalue weighted by atomic mass is 9.90. The molecular weight excluding hydrogens is 300 g/mol. The van der Waals surface area contributed by atoms with E-state index in [0.29, 0.717) is 0 Å². The van der Waals surface area contributed by atoms with Gasteiger partial charge in [-0.2, -0.15) is 0 Å². The number of rotatable bonds is 1. The van der Waals surface area contributed by atoms with Crippen molar-refractivity contribution in [2.75, 3.05) is 0 Å². The van der Waals surface area contributed by atoms with E-state index < -0.39 is 0 Å². The highest BCUT2D eigenvalue weighted by molar-refractivity contribution is 6.23. The Kier molecular flexibility index (Phi) is 3.11. The summed E-state index contributed by atoms with van der Waals surface area (Å²) in [5, 5.41) is 7.91. The molecular formula is C25H18. The van der Waals surface area contributed by atoms with Gasteiger partial charge in [0.05, 0.1) is 0 Å². The van der Waals surface area contributed by atoms with Crippen molar-refractivity contribution in [3.63, 3.8) is 0 Å². The summed E-state index contributed by atoms with van der Waals surface area (Å²) in [4.78, 5) is 0. The van der Waals surface area contributed by atoms with Gasteiger partial charge in [0.1, 0.15) is 0 Å². The summed E-state index contributed by atoms with van der Waals surface area (Å²) >= 11 is 0. The summed E-state index contributed by atoms with van der Waals surface area (Å²) in [5.74, 6) is 0. The van der Waals surface area contributed by atoms with Crippen LogP contribution in [0.4, 0.5) is 0 Å². The van der Waals surface area contributed by atoms with Crippen molar-refractivity contribution in [2.45, 2.75) is 6.92 Å². The molecule has 0 aliphatic rings. The lowest BCUT2D eigenvalue weighted by Gasteiger charge is -2.13. The average molecular weight is 318 g/mol. The number of aryl methyl sites for hydroxylation is 1. The predicted octanol–water partition coefficient (Wildman–Crippen LogP) is 7.12. The SMILES string of the molecule is Cc1ccc(-c2cc3ccc4ccccc4c3c3ccccc23)cc1. The Hall–Kier alpha value is -3.12. The minimum absolute atomic E-state index is 1.27. The number of hydrogen-bond donors (Lipinski definition) is 0. The average Bonchev–Trinajstić information content (AvgIpc) is 2.67. The van der Waals surface area contributed by atoms with Crippen molar-refractivity contribution in [1.82, 2.24) is 0 Å². The molecule has 0 unspecified atom stereocenters. The maximum Gasteiger partial charge on any atom is -0.00264 e. The Balaban J connectivity index is 1.97. The Morgan fingerprint density at radius 3 is 1.96 bits per heavy atom. The third-order valence-electron chi connectivity index (χ3n) is 5.11. The highest BCUT2D eigenvalue weighted by Crippen LogP contribution is 2.38. The molecule has 0 radical (unpaired) electrons. The van der Waals surface area contributed by atoms with E-state index in [9.17, 15) is 0 Å². The summed E-state index contributed by atoms with van der Waals surface area (Å²) in [6, 6.07) is 33.1. The molecule has 0 amide bonds. The van der Waals surface area contributed by atoms with E-state index in [-0.39, 0.29) is 0 Å². The normalized spacial score (nSPS) is 11.4. The van der Waals surface area contributed by atoms with Gasteiger partial charge in [-0.25, -0.2) is 0 Å². The molecule has 0 aromatic heterocycles. The molecule has 0 heterocycles. The van der Waals surface area contributed by atoms with E-state index in [0.717, 1.165) is 0 Å². The highest BCUT2D eigenvalue weighted by Gasteiger charge is 2.10. The summed E-state index contributed by atoms with van der Waals surface area (Å²) in [5.41, 5.74) is 3.87. The third kappa shape index (κ3) is 2.22. The minimum Gasteiger partial charge on any atom is -0.0616 e. The molecule has 0 aliphatic carbocycles. The summed E-state index contributed by atoms with van der Waals surface area (Å²) < 4.78 is 0. The van der Waals surface area contributed by atoms with Crippen LogP contribution >= 0.6 is 0 Å². The predicted molar refractivity (Wildman–Crippen MR) is 109 cm³/mol. The maximum atomic E-state index is 2.34. The molecule has 118 valence electrons. The molecule has 5 aromatic rings. The van der Waals surface area contributed by atoms with Gasteiger partial charge in [-0.1, -0.05) is 90.5 Å². The third-order valence-corrected chi connectivity index (χ3v) is 5.11. The molecule has 0 N–H and O–H groups in total. The second-order valence-electron chi connectivity index (χ2n) is 6.72. The molecule has 0 spiro atoms. The van der Waals surface area contributed by atoms with Gasteiger partial charge in [-0.3, -0.25) is 0 Å². The van der Waals surface area contributed by atoms with Crippen molar-refractivity contribution in [3.8, 4) is 11.1 Å². The first-order chi connectivity index (χ1) is 12.3. The van der Waals surface area contributed by atoms with Crippen molar-refractivity contribution in [2.24, 2.45) is 0 Å². The van der Waals surface area contributed by atoms with Gasteiger partial charge >= 0.3 is 0 Å². The summed E-state index contributed by atoms with van der Waals surface area (Å²) in [6.45, 7) is 2.13. The largest absolute Gasteiger partial charge is 0.0616 e. The Morgan fingerprint density at radius 1 is 0.520 bits per heavy atom. The molecule has 25 heavy (non-hydrogen) atoms. The van der Waals surface area contributed by atoms with Gasteiger partial charge in [0.15, 0.2) is 0 Å². The van der Waals surface area contributed by atoms with Crippen molar-refractivity contribution in [3.05, 3.63) is 96.6 Å². The van der Waals surface area contributed by atoms with E-state index in [4.69, 9.17) is 0 Å². The number of fused-ring (bicyclic) bond motifs is 5. The van der Waals surface area contributed by atoms with Gasteiger partial charge < -0.3 is 0 Å². The lowest BCUT2D eigenvalue weighted by Crippen LogP contribution is -1.86. The summed E-state index contributed by atoms with van der Waals surface area (Å²) in [6.07, 6.45) is 0. The van der Waals surface area contributed by atoms with Gasteiger partial charge in [0, 0.05) is 0 Å². The van der Waals surface area contributed by atoms with Gasteiger partial charge in [0.2, 0.25) is 0 Å². The van der Waals surface area contributed by atoms with Crippen LogP contribution in [0, 0.1) is 6.92 Å². The highest BCUT2D eigenvalue weighted by atomic mass is 14.1. The molecule has 5 aromatic carbocycles. The first-order valence-electron chi connectivity index (χ1n) is 8.71. The molecule has 0 aliphatic heterocycles. The van der Waals surface area contributed by atoms with Crippen LogP contribution in [0.25, 0.3) is 43.4 Å². The van der Waals surface area contributed by atoms with E-state index >= 15 is 0 Å². The van der Waals surface area contributed by atoms with Crippen LogP contribution in [0.5, 0.6) is 0 Å². The number of benzene rings is 5. The molecule has 0 saturated carbocycles. The monoisotopic (exact) mass is 318 g/mol. The second-order valence-corrected chi connectivity index (χ2v) is 6.72. The van der Waals surface area contributed by atoms with E-state index in [1.165, 1.54) is 49.0 Å². The molecule has 0 nitrogen and oxygen atoms in total. The topological polar surface area (TPSA) is 0 Å². The quantitative estimate of drug-likeness (QED) is 0.289. The first-order valence-corrected chi connectivity index (χ1v) is 8.71. The molecule has 0 fully saturated rings. The van der Waals surface area contributed by atoms with Gasteiger partial charge in [-0.15, -0.1) is 0 Å². The maximum absolute atomic E-state index is 2.34. The fourth-order valence-corrected chi connectivity index (χ4v) is 3.85. The standard InChI is InChI=1S/C25H18/c1-17-10-12-19(13-11-17)24-16-20-15-14-18-6-2-3-7-21(18)25(20)23-9-5-4-8-22(23)24/h2-16H,1H3. The molecule has 0 saturated heterocycles. The van der Waals surface area contributed by atoms with E-state index in [2.05, 4.69) is 97.9 Å². The van der Waals surface area contributed by atoms with Crippen LogP contribution in [0.15, 0.2) is 91.0 Å². The van der Waals surface area contributed by atoms with Gasteiger partial charge in [-0.05, 0) is 56.4 Å². The Labute approximate surface area is 147 Å². The van der Waals surface area contributed by atoms with Gasteiger partial charge in [0.25, 0.3) is 0 Å². The second kappa shape index (κ2) is 5.46. The van der Waals surface area contributed by atoms with Crippen LogP contribution in [0.1, 0.15) is 5.56 Å². The fraction of sp³-hybridized carbons (Fsp3) is 0.0400.